The number of hydrogen-bond donors (Lipinski definition) is 0. The van der Waals surface area contributed by atoms with E-state index in [2.05, 4.69) is 22.4 Å². The van der Waals surface area contributed by atoms with Crippen LogP contribution < -0.4 is 9.47 Å². The highest BCUT2D eigenvalue weighted by atomic mass is 32.1. The van der Waals surface area contributed by atoms with Crippen molar-refractivity contribution in [3.63, 3.8) is 0 Å². The number of nitrogens with zero attached hydrogens (tertiary/aromatic N) is 2. The van der Waals surface area contributed by atoms with Crippen LogP contribution in [0.2, 0.25) is 0 Å². The van der Waals surface area contributed by atoms with Gasteiger partial charge in [0.05, 0.1) is 33.5 Å². The Morgan fingerprint density at radius 3 is 2.62 bits per heavy atom. The zero-order chi connectivity index (χ0) is 20.2. The molecule has 1 fully saturated rings. The van der Waals surface area contributed by atoms with Gasteiger partial charge in [-0.05, 0) is 41.1 Å². The number of hydrogen-bond acceptors (Lipinski definition) is 6. The molecule has 1 aromatic carbocycles. The third kappa shape index (κ3) is 4.27. The Labute approximate surface area is 176 Å². The van der Waals surface area contributed by atoms with Crippen LogP contribution in [0.25, 0.3) is 0 Å². The topological polar surface area (TPSA) is 51.2 Å². The number of fused-ring (bicyclic) bond motifs is 1. The molecule has 7 heteroatoms. The molecule has 1 atom stereocenters. The van der Waals surface area contributed by atoms with E-state index in [0.717, 1.165) is 50.6 Å². The lowest BCUT2D eigenvalue weighted by atomic mass is 9.90. The van der Waals surface area contributed by atoms with E-state index in [9.17, 15) is 4.79 Å². The van der Waals surface area contributed by atoms with Crippen molar-refractivity contribution in [1.29, 1.82) is 0 Å². The van der Waals surface area contributed by atoms with Crippen LogP contribution in [0, 0.1) is 0 Å². The highest BCUT2D eigenvalue weighted by Gasteiger charge is 2.34. The number of amides is 1. The standard InChI is InChI=1S/C22H28N2O4S/c1-26-18-14-16-5-8-24(21(25)6-7-23-9-11-28-12-10-23)22(20-4-3-13-29-20)17(16)15-19(18)27-2/h3-4,13-15,22H,5-12H2,1-2H3/t22-/m1/s1. The van der Waals surface area contributed by atoms with Crippen LogP contribution in [-0.2, 0) is 16.0 Å². The second-order valence-corrected chi connectivity index (χ2v) is 8.34. The van der Waals surface area contributed by atoms with Gasteiger partial charge in [0.1, 0.15) is 0 Å². The molecule has 1 saturated heterocycles. The van der Waals surface area contributed by atoms with E-state index in [1.165, 1.54) is 10.4 Å². The van der Waals surface area contributed by atoms with Crippen LogP contribution in [0.3, 0.4) is 0 Å². The van der Waals surface area contributed by atoms with Crippen molar-refractivity contribution in [1.82, 2.24) is 9.80 Å². The first kappa shape index (κ1) is 20.2. The molecule has 29 heavy (non-hydrogen) atoms. The Morgan fingerprint density at radius 1 is 1.17 bits per heavy atom. The average molecular weight is 417 g/mol. The van der Waals surface area contributed by atoms with Gasteiger partial charge in [-0.2, -0.15) is 0 Å². The van der Waals surface area contributed by atoms with Crippen LogP contribution in [0.4, 0.5) is 0 Å². The summed E-state index contributed by atoms with van der Waals surface area (Å²) in [6.45, 7) is 4.82. The van der Waals surface area contributed by atoms with Gasteiger partial charge in [0.2, 0.25) is 5.91 Å². The number of carbonyl (C=O) groups is 1. The van der Waals surface area contributed by atoms with Gasteiger partial charge >= 0.3 is 0 Å². The minimum Gasteiger partial charge on any atom is -0.493 e. The minimum absolute atomic E-state index is 0.0734. The van der Waals surface area contributed by atoms with Crippen molar-refractivity contribution in [2.24, 2.45) is 0 Å². The van der Waals surface area contributed by atoms with E-state index in [0.29, 0.717) is 18.7 Å². The number of carbonyl (C=O) groups excluding carboxylic acids is 1. The number of morpholine rings is 1. The molecule has 6 nitrogen and oxygen atoms in total. The van der Waals surface area contributed by atoms with Gasteiger partial charge < -0.3 is 19.1 Å². The molecule has 0 aliphatic carbocycles. The molecule has 1 aromatic heterocycles. The molecule has 0 unspecified atom stereocenters. The molecular weight excluding hydrogens is 388 g/mol. The fourth-order valence-electron chi connectivity index (χ4n) is 4.19. The summed E-state index contributed by atoms with van der Waals surface area (Å²) in [7, 11) is 3.31. The first-order valence-corrected chi connectivity index (χ1v) is 11.0. The zero-order valence-corrected chi connectivity index (χ0v) is 17.9. The molecule has 2 aliphatic rings. The number of ether oxygens (including phenoxy) is 3. The summed E-state index contributed by atoms with van der Waals surface area (Å²) < 4.78 is 16.4. The molecule has 4 rings (SSSR count). The first-order chi connectivity index (χ1) is 14.2. The third-order valence-corrected chi connectivity index (χ3v) is 6.68. The Kier molecular flexibility index (Phi) is 6.37. The summed E-state index contributed by atoms with van der Waals surface area (Å²) in [6.07, 6.45) is 1.35. The first-order valence-electron chi connectivity index (χ1n) is 10.1. The molecule has 156 valence electrons. The van der Waals surface area contributed by atoms with E-state index >= 15 is 0 Å². The molecule has 0 N–H and O–H groups in total. The van der Waals surface area contributed by atoms with E-state index in [-0.39, 0.29) is 11.9 Å². The van der Waals surface area contributed by atoms with E-state index in [1.54, 1.807) is 25.6 Å². The van der Waals surface area contributed by atoms with Gasteiger partial charge in [0.25, 0.3) is 0 Å². The fourth-order valence-corrected chi connectivity index (χ4v) is 5.04. The number of rotatable bonds is 6. The SMILES string of the molecule is COc1cc2c(cc1OC)[C@H](c1cccs1)N(C(=O)CCN1CCOCC1)CC2. The van der Waals surface area contributed by atoms with Crippen molar-refractivity contribution in [2.45, 2.75) is 18.9 Å². The summed E-state index contributed by atoms with van der Waals surface area (Å²) in [4.78, 5) is 18.8. The van der Waals surface area contributed by atoms with Gasteiger partial charge in [-0.25, -0.2) is 0 Å². The summed E-state index contributed by atoms with van der Waals surface area (Å²) in [5.41, 5.74) is 2.36. The Bertz CT molecular complexity index is 834. The Hall–Kier alpha value is -2.09. The molecule has 2 aromatic rings. The van der Waals surface area contributed by atoms with Crippen molar-refractivity contribution >= 4 is 17.2 Å². The van der Waals surface area contributed by atoms with E-state index < -0.39 is 0 Å². The van der Waals surface area contributed by atoms with Crippen LogP contribution in [0.5, 0.6) is 11.5 Å². The predicted octanol–water partition coefficient (Wildman–Crippen LogP) is 2.96. The second-order valence-electron chi connectivity index (χ2n) is 7.37. The minimum atomic E-state index is -0.0734. The van der Waals surface area contributed by atoms with Crippen LogP contribution in [0.1, 0.15) is 28.5 Å². The fraction of sp³-hybridized carbons (Fsp3) is 0.500. The van der Waals surface area contributed by atoms with Gasteiger partial charge in [0, 0.05) is 37.5 Å². The molecule has 0 bridgehead atoms. The largest absolute Gasteiger partial charge is 0.493 e. The monoisotopic (exact) mass is 416 g/mol. The summed E-state index contributed by atoms with van der Waals surface area (Å²) >= 11 is 1.69. The zero-order valence-electron chi connectivity index (χ0n) is 17.1. The van der Waals surface area contributed by atoms with Gasteiger partial charge in [-0.15, -0.1) is 11.3 Å². The molecular formula is C22H28N2O4S. The van der Waals surface area contributed by atoms with Crippen molar-refractivity contribution in [3.05, 3.63) is 45.6 Å². The lowest BCUT2D eigenvalue weighted by Gasteiger charge is -2.38. The van der Waals surface area contributed by atoms with Gasteiger partial charge in [-0.1, -0.05) is 6.07 Å². The highest BCUT2D eigenvalue weighted by molar-refractivity contribution is 7.10. The van der Waals surface area contributed by atoms with Gasteiger partial charge in [0.15, 0.2) is 11.5 Å². The Morgan fingerprint density at radius 2 is 1.93 bits per heavy atom. The molecule has 1 amide bonds. The molecule has 0 saturated carbocycles. The molecule has 3 heterocycles. The van der Waals surface area contributed by atoms with Crippen molar-refractivity contribution < 1.29 is 19.0 Å². The summed E-state index contributed by atoms with van der Waals surface area (Å²) in [5, 5.41) is 2.07. The molecule has 2 aliphatic heterocycles. The Balaban J connectivity index is 1.60. The maximum Gasteiger partial charge on any atom is 0.224 e. The quantitative estimate of drug-likeness (QED) is 0.725. The summed E-state index contributed by atoms with van der Waals surface area (Å²) in [6, 6.07) is 8.19. The van der Waals surface area contributed by atoms with E-state index in [1.807, 2.05) is 17.0 Å². The molecule has 0 spiro atoms. The number of benzene rings is 1. The number of thiophene rings is 1. The maximum absolute atomic E-state index is 13.3. The van der Waals surface area contributed by atoms with Crippen molar-refractivity contribution in [2.75, 3.05) is 53.6 Å². The maximum atomic E-state index is 13.3. The average Bonchev–Trinajstić information content (AvgIpc) is 3.30. The molecule has 0 radical (unpaired) electrons. The van der Waals surface area contributed by atoms with Crippen LogP contribution in [-0.4, -0.2) is 69.3 Å². The van der Waals surface area contributed by atoms with Gasteiger partial charge in [-0.3, -0.25) is 9.69 Å². The highest BCUT2D eigenvalue weighted by Crippen LogP contribution is 2.42. The summed E-state index contributed by atoms with van der Waals surface area (Å²) in [5.74, 6) is 1.65. The van der Waals surface area contributed by atoms with Crippen LogP contribution >= 0.6 is 11.3 Å². The lowest BCUT2D eigenvalue weighted by molar-refractivity contribution is -0.133. The third-order valence-electron chi connectivity index (χ3n) is 5.75. The predicted molar refractivity (Wildman–Crippen MR) is 113 cm³/mol. The lowest BCUT2D eigenvalue weighted by Crippen LogP contribution is -2.43. The van der Waals surface area contributed by atoms with E-state index in [4.69, 9.17) is 14.2 Å². The normalized spacial score (nSPS) is 19.7. The second kappa shape index (κ2) is 9.15. The number of methoxy groups -OCH3 is 2. The smallest absolute Gasteiger partial charge is 0.224 e. The van der Waals surface area contributed by atoms with Crippen LogP contribution in [0.15, 0.2) is 29.6 Å². The van der Waals surface area contributed by atoms with Crippen molar-refractivity contribution in [3.8, 4) is 11.5 Å².